The summed E-state index contributed by atoms with van der Waals surface area (Å²) >= 11 is 0. The van der Waals surface area contributed by atoms with Gasteiger partial charge in [-0.15, -0.1) is 0 Å². The van der Waals surface area contributed by atoms with Crippen LogP contribution in [0.5, 0.6) is 0 Å². The van der Waals surface area contributed by atoms with E-state index in [2.05, 4.69) is 46.9 Å². The van der Waals surface area contributed by atoms with E-state index >= 15 is 0 Å². The molecule has 174 valence electrons. The molecule has 0 aliphatic carbocycles. The second kappa shape index (κ2) is 11.1. The molecule has 4 heteroatoms. The van der Waals surface area contributed by atoms with E-state index in [1.165, 1.54) is 70.9 Å². The van der Waals surface area contributed by atoms with Crippen LogP contribution in [0.25, 0.3) is 0 Å². The van der Waals surface area contributed by atoms with Crippen LogP contribution >= 0.6 is 0 Å². The number of hydrogen-bond donors (Lipinski definition) is 1. The van der Waals surface area contributed by atoms with Crippen molar-refractivity contribution in [3.8, 4) is 0 Å². The lowest BCUT2D eigenvalue weighted by Crippen LogP contribution is -2.58. The molecule has 1 N–H and O–H groups in total. The monoisotopic (exact) mass is 420 g/mol. The fraction of sp³-hybridized carbons (Fsp3) is 0.923. The lowest BCUT2D eigenvalue weighted by Gasteiger charge is -2.50. The summed E-state index contributed by atoms with van der Waals surface area (Å²) in [6.07, 6.45) is 12.6. The van der Waals surface area contributed by atoms with Crippen molar-refractivity contribution in [1.29, 1.82) is 0 Å². The molecular weight excluding hydrogens is 372 g/mol. The summed E-state index contributed by atoms with van der Waals surface area (Å²) in [6.45, 7) is 15.7. The second-order valence-corrected chi connectivity index (χ2v) is 11.1. The van der Waals surface area contributed by atoms with Gasteiger partial charge in [0.25, 0.3) is 0 Å². The van der Waals surface area contributed by atoms with Gasteiger partial charge in [-0.05, 0) is 75.8 Å². The molecule has 2 saturated heterocycles. The van der Waals surface area contributed by atoms with E-state index in [0.29, 0.717) is 18.8 Å². The molecule has 2 fully saturated rings. The van der Waals surface area contributed by atoms with Gasteiger partial charge in [0.15, 0.2) is 0 Å². The van der Waals surface area contributed by atoms with Crippen LogP contribution in [-0.4, -0.2) is 35.3 Å². The van der Waals surface area contributed by atoms with Gasteiger partial charge in [-0.2, -0.15) is 0 Å². The third-order valence-corrected chi connectivity index (χ3v) is 8.87. The van der Waals surface area contributed by atoms with Crippen molar-refractivity contribution < 1.29 is 9.59 Å². The maximum atomic E-state index is 12.4. The Labute approximate surface area is 185 Å². The van der Waals surface area contributed by atoms with Crippen LogP contribution in [0.3, 0.4) is 0 Å². The van der Waals surface area contributed by atoms with Gasteiger partial charge in [-0.25, -0.2) is 0 Å². The zero-order chi connectivity index (χ0) is 22.4. The average molecular weight is 421 g/mol. The highest BCUT2D eigenvalue weighted by atomic mass is 16.2. The second-order valence-electron chi connectivity index (χ2n) is 11.1. The number of likely N-dealkylation sites (tertiary alicyclic amines) is 1. The molecule has 0 spiro atoms. The third kappa shape index (κ3) is 5.87. The molecule has 30 heavy (non-hydrogen) atoms. The van der Waals surface area contributed by atoms with Crippen molar-refractivity contribution in [2.45, 2.75) is 118 Å². The molecule has 0 aromatic heterocycles. The fourth-order valence-corrected chi connectivity index (χ4v) is 5.68. The first-order valence-corrected chi connectivity index (χ1v) is 12.7. The van der Waals surface area contributed by atoms with Gasteiger partial charge in [0.05, 0.1) is 5.54 Å². The normalized spacial score (nSPS) is 21.3. The lowest BCUT2D eigenvalue weighted by atomic mass is 9.63. The molecule has 4 nitrogen and oxygen atoms in total. The van der Waals surface area contributed by atoms with Crippen LogP contribution in [0.15, 0.2) is 0 Å². The number of unbranched alkanes of at least 4 members (excludes halogenated alkanes) is 3. The first kappa shape index (κ1) is 25.4. The number of carbonyl (C=O) groups excluding carboxylic acids is 2. The number of rotatable bonds is 12. The van der Waals surface area contributed by atoms with E-state index in [9.17, 15) is 9.59 Å². The Hall–Kier alpha value is -0.900. The maximum absolute atomic E-state index is 12.4. The topological polar surface area (TPSA) is 49.4 Å². The maximum Gasteiger partial charge on any atom is 0.230 e. The molecule has 2 aliphatic rings. The Morgan fingerprint density at radius 2 is 1.53 bits per heavy atom. The summed E-state index contributed by atoms with van der Waals surface area (Å²) in [5, 5.41) is 3.53. The zero-order valence-electron chi connectivity index (χ0n) is 20.7. The Bertz CT molecular complexity index is 547. The first-order valence-electron chi connectivity index (χ1n) is 12.7. The summed E-state index contributed by atoms with van der Waals surface area (Å²) in [6, 6.07) is 0. The first-order chi connectivity index (χ1) is 14.1. The van der Waals surface area contributed by atoms with Crippen molar-refractivity contribution in [2.24, 2.45) is 23.2 Å². The van der Waals surface area contributed by atoms with Crippen LogP contribution in [0, 0.1) is 23.2 Å². The van der Waals surface area contributed by atoms with Crippen LogP contribution in [0.2, 0.25) is 0 Å². The van der Waals surface area contributed by atoms with E-state index < -0.39 is 5.54 Å². The minimum atomic E-state index is -0.456. The molecule has 0 aromatic carbocycles. The molecule has 0 radical (unpaired) electrons. The summed E-state index contributed by atoms with van der Waals surface area (Å²) in [5.74, 6) is 2.15. The van der Waals surface area contributed by atoms with Crippen LogP contribution < -0.4 is 5.32 Å². The van der Waals surface area contributed by atoms with Crippen molar-refractivity contribution in [2.75, 3.05) is 13.1 Å². The highest BCUT2D eigenvalue weighted by Crippen LogP contribution is 2.46. The number of nitrogens with one attached hydrogen (secondary N) is 1. The van der Waals surface area contributed by atoms with E-state index in [0.717, 1.165) is 11.8 Å². The summed E-state index contributed by atoms with van der Waals surface area (Å²) in [7, 11) is 0. The van der Waals surface area contributed by atoms with Gasteiger partial charge >= 0.3 is 0 Å². The van der Waals surface area contributed by atoms with Crippen molar-refractivity contribution in [3.63, 3.8) is 0 Å². The number of nitrogens with zero attached hydrogens (tertiary/aromatic N) is 1. The number of imide groups is 1. The lowest BCUT2D eigenvalue weighted by molar-refractivity contribution is -0.151. The van der Waals surface area contributed by atoms with Gasteiger partial charge in [0.1, 0.15) is 0 Å². The van der Waals surface area contributed by atoms with Gasteiger partial charge in [-0.1, -0.05) is 59.8 Å². The van der Waals surface area contributed by atoms with Gasteiger partial charge in [-0.3, -0.25) is 14.5 Å². The number of amides is 2. The summed E-state index contributed by atoms with van der Waals surface area (Å²) < 4.78 is 0. The van der Waals surface area contributed by atoms with E-state index in [4.69, 9.17) is 0 Å². The summed E-state index contributed by atoms with van der Waals surface area (Å²) in [5.41, 5.74) is -0.577. The highest BCUT2D eigenvalue weighted by molar-refractivity contribution is 6.02. The van der Waals surface area contributed by atoms with Gasteiger partial charge in [0.2, 0.25) is 11.8 Å². The number of piperidine rings is 1. The largest absolute Gasteiger partial charge is 0.317 e. The molecule has 0 bridgehead atoms. The number of hydrogen-bond acceptors (Lipinski definition) is 3. The Balaban J connectivity index is 2.01. The Morgan fingerprint density at radius 3 is 2.10 bits per heavy atom. The standard InChI is InChI=1S/C26H48N2O2/c1-7-8-9-10-11-21(22-16-18-27-19-17-22)13-12-20(2)25(3,4)26(5,6)28-23(29)14-15-24(28)30/h20-22,27H,7-19H2,1-6H3. The van der Waals surface area contributed by atoms with Crippen molar-refractivity contribution in [1.82, 2.24) is 10.2 Å². The molecule has 0 aromatic rings. The molecule has 2 rings (SSSR count). The average Bonchev–Trinajstić information content (AvgIpc) is 3.06. The molecule has 2 unspecified atom stereocenters. The minimum Gasteiger partial charge on any atom is -0.317 e. The predicted molar refractivity (Wildman–Crippen MR) is 125 cm³/mol. The highest BCUT2D eigenvalue weighted by Gasteiger charge is 2.50. The van der Waals surface area contributed by atoms with Crippen LogP contribution in [0.4, 0.5) is 0 Å². The molecule has 2 atom stereocenters. The Kier molecular flexibility index (Phi) is 9.39. The fourth-order valence-electron chi connectivity index (χ4n) is 5.68. The molecule has 2 amide bonds. The van der Waals surface area contributed by atoms with E-state index in [-0.39, 0.29) is 17.2 Å². The molecule has 2 heterocycles. The predicted octanol–water partition coefficient (Wildman–Crippen LogP) is 5.94. The van der Waals surface area contributed by atoms with Gasteiger partial charge in [0, 0.05) is 12.8 Å². The van der Waals surface area contributed by atoms with E-state index in [1.807, 2.05) is 0 Å². The van der Waals surface area contributed by atoms with E-state index in [1.54, 1.807) is 4.90 Å². The Morgan fingerprint density at radius 1 is 0.933 bits per heavy atom. The third-order valence-electron chi connectivity index (χ3n) is 8.87. The van der Waals surface area contributed by atoms with Crippen molar-refractivity contribution >= 4 is 11.8 Å². The molecule has 0 saturated carbocycles. The smallest absolute Gasteiger partial charge is 0.230 e. The van der Waals surface area contributed by atoms with Crippen LogP contribution in [-0.2, 0) is 9.59 Å². The molecular formula is C26H48N2O2. The van der Waals surface area contributed by atoms with Gasteiger partial charge < -0.3 is 5.32 Å². The SMILES string of the molecule is CCCCCCC(CCC(C)C(C)(C)C(C)(C)N1C(=O)CCC1=O)C1CCNCC1. The zero-order valence-corrected chi connectivity index (χ0v) is 20.7. The quantitative estimate of drug-likeness (QED) is 0.314. The van der Waals surface area contributed by atoms with Crippen LogP contribution in [0.1, 0.15) is 112 Å². The summed E-state index contributed by atoms with van der Waals surface area (Å²) in [4.78, 5) is 26.5. The minimum absolute atomic E-state index is 0.00813. The molecule has 2 aliphatic heterocycles. The van der Waals surface area contributed by atoms with Crippen molar-refractivity contribution in [3.05, 3.63) is 0 Å². The number of carbonyl (C=O) groups is 2.